The highest BCUT2D eigenvalue weighted by Gasteiger charge is 2.29. The molecule has 4 nitrogen and oxygen atoms in total. The van der Waals surface area contributed by atoms with E-state index in [-0.39, 0.29) is 27.5 Å². The van der Waals surface area contributed by atoms with Gasteiger partial charge in [-0.2, -0.15) is 13.2 Å². The Hall–Kier alpha value is -1.80. The molecule has 21 heavy (non-hydrogen) atoms. The Balaban J connectivity index is 2.05. The second-order valence-electron chi connectivity index (χ2n) is 3.75. The van der Waals surface area contributed by atoms with Gasteiger partial charge in [-0.3, -0.25) is 9.78 Å². The maximum Gasteiger partial charge on any atom is 0.446 e. The van der Waals surface area contributed by atoms with Gasteiger partial charge in [0, 0.05) is 10.6 Å². The third-order valence-electron chi connectivity index (χ3n) is 2.18. The summed E-state index contributed by atoms with van der Waals surface area (Å²) >= 11 is 5.39. The minimum Gasteiger partial charge on any atom is -0.321 e. The summed E-state index contributed by atoms with van der Waals surface area (Å²) in [6, 6.07) is 5.25. The number of benzene rings is 1. The molecule has 0 saturated heterocycles. The van der Waals surface area contributed by atoms with E-state index in [4.69, 9.17) is 11.6 Å². The Kier molecular flexibility index (Phi) is 4.69. The van der Waals surface area contributed by atoms with Gasteiger partial charge in [-0.1, -0.05) is 11.6 Å². The van der Waals surface area contributed by atoms with Crippen LogP contribution in [0.1, 0.15) is 10.5 Å². The molecule has 0 aliphatic heterocycles. The lowest BCUT2D eigenvalue weighted by Crippen LogP contribution is -2.14. The molecule has 9 heteroatoms. The van der Waals surface area contributed by atoms with Crippen molar-refractivity contribution in [1.29, 1.82) is 0 Å². The van der Waals surface area contributed by atoms with Crippen LogP contribution in [-0.2, 0) is 0 Å². The third kappa shape index (κ3) is 4.91. The van der Waals surface area contributed by atoms with Crippen LogP contribution in [0.25, 0.3) is 0 Å². The molecule has 1 amide bonds. The molecule has 0 spiro atoms. The number of anilines is 1. The van der Waals surface area contributed by atoms with Crippen LogP contribution in [0, 0.1) is 0 Å². The zero-order chi connectivity index (χ0) is 15.5. The van der Waals surface area contributed by atoms with E-state index in [1.807, 2.05) is 0 Å². The van der Waals surface area contributed by atoms with Crippen molar-refractivity contribution < 1.29 is 18.0 Å². The first-order chi connectivity index (χ1) is 9.83. The van der Waals surface area contributed by atoms with E-state index in [1.165, 1.54) is 36.7 Å². The van der Waals surface area contributed by atoms with Crippen LogP contribution in [0.2, 0.25) is 5.15 Å². The first-order valence-electron chi connectivity index (χ1n) is 5.48. The molecule has 110 valence electrons. The van der Waals surface area contributed by atoms with Gasteiger partial charge in [-0.15, -0.1) is 0 Å². The molecule has 0 aliphatic rings. The van der Waals surface area contributed by atoms with E-state index in [0.29, 0.717) is 5.69 Å². The number of hydrogen-bond acceptors (Lipinski definition) is 4. The first-order valence-corrected chi connectivity index (χ1v) is 6.68. The molecule has 1 aromatic carbocycles. The van der Waals surface area contributed by atoms with Crippen LogP contribution in [0.5, 0.6) is 0 Å². The van der Waals surface area contributed by atoms with Gasteiger partial charge in [0.05, 0.1) is 12.4 Å². The molecule has 1 heterocycles. The maximum absolute atomic E-state index is 12.2. The first kappa shape index (κ1) is 15.6. The summed E-state index contributed by atoms with van der Waals surface area (Å²) in [6.45, 7) is 0. The van der Waals surface area contributed by atoms with Crippen LogP contribution < -0.4 is 5.32 Å². The van der Waals surface area contributed by atoms with E-state index < -0.39 is 11.4 Å². The zero-order valence-corrected chi connectivity index (χ0v) is 11.8. The smallest absolute Gasteiger partial charge is 0.321 e. The summed E-state index contributed by atoms with van der Waals surface area (Å²) in [6.07, 6.45) is 2.51. The molecule has 0 atom stereocenters. The summed E-state index contributed by atoms with van der Waals surface area (Å²) in [5.74, 6) is -0.554. The Morgan fingerprint density at radius 3 is 2.43 bits per heavy atom. The normalized spacial score (nSPS) is 11.2. The van der Waals surface area contributed by atoms with Crippen LogP contribution in [0.15, 0.2) is 41.6 Å². The molecule has 1 N–H and O–H groups in total. The van der Waals surface area contributed by atoms with Gasteiger partial charge in [0.25, 0.3) is 5.91 Å². The van der Waals surface area contributed by atoms with Crippen LogP contribution in [0.4, 0.5) is 18.9 Å². The quantitative estimate of drug-likeness (QED) is 0.863. The summed E-state index contributed by atoms with van der Waals surface area (Å²) in [4.78, 5) is 19.3. The standard InChI is InChI=1S/C12H7ClF3N3OS/c13-10-6-17-5-9(19-10)11(20)18-7-1-3-8(4-2-7)21-12(14,15)16/h1-6H,(H,18,20). The number of nitrogens with one attached hydrogen (secondary N) is 1. The Morgan fingerprint density at radius 2 is 1.86 bits per heavy atom. The zero-order valence-electron chi connectivity index (χ0n) is 10.2. The highest BCUT2D eigenvalue weighted by molar-refractivity contribution is 8.00. The predicted molar refractivity (Wildman–Crippen MR) is 73.3 cm³/mol. The van der Waals surface area contributed by atoms with Gasteiger partial charge >= 0.3 is 5.51 Å². The molecule has 0 saturated carbocycles. The molecule has 0 aliphatic carbocycles. The summed E-state index contributed by atoms with van der Waals surface area (Å²) in [5, 5.41) is 2.55. The Labute approximate surface area is 126 Å². The number of hydrogen-bond donors (Lipinski definition) is 1. The van der Waals surface area contributed by atoms with Gasteiger partial charge in [0.2, 0.25) is 0 Å². The van der Waals surface area contributed by atoms with E-state index >= 15 is 0 Å². The predicted octanol–water partition coefficient (Wildman–Crippen LogP) is 3.99. The van der Waals surface area contributed by atoms with Gasteiger partial charge in [0.1, 0.15) is 10.8 Å². The van der Waals surface area contributed by atoms with Crippen LogP contribution >= 0.6 is 23.4 Å². The number of carbonyl (C=O) groups is 1. The molecule has 0 unspecified atom stereocenters. The number of carbonyl (C=O) groups excluding carboxylic acids is 1. The third-order valence-corrected chi connectivity index (χ3v) is 3.10. The van der Waals surface area contributed by atoms with Crippen molar-refractivity contribution in [3.63, 3.8) is 0 Å². The lowest BCUT2D eigenvalue weighted by atomic mass is 10.3. The number of halogens is 4. The van der Waals surface area contributed by atoms with E-state index in [0.717, 1.165) is 0 Å². The SMILES string of the molecule is O=C(Nc1ccc(SC(F)(F)F)cc1)c1cncc(Cl)n1. The van der Waals surface area contributed by atoms with Gasteiger partial charge < -0.3 is 5.32 Å². The van der Waals surface area contributed by atoms with E-state index in [2.05, 4.69) is 15.3 Å². The number of alkyl halides is 3. The van der Waals surface area contributed by atoms with Crippen molar-refractivity contribution in [2.24, 2.45) is 0 Å². The molecule has 1 aromatic heterocycles. The minimum atomic E-state index is -4.35. The van der Waals surface area contributed by atoms with E-state index in [1.54, 1.807) is 0 Å². The minimum absolute atomic E-state index is 0.0104. The summed E-state index contributed by atoms with van der Waals surface area (Å²) < 4.78 is 36.5. The fourth-order valence-electron chi connectivity index (χ4n) is 1.39. The van der Waals surface area contributed by atoms with E-state index in [9.17, 15) is 18.0 Å². The average Bonchev–Trinajstić information content (AvgIpc) is 2.39. The summed E-state index contributed by atoms with van der Waals surface area (Å²) in [5.41, 5.74) is -3.99. The van der Waals surface area contributed by atoms with Crippen molar-refractivity contribution in [2.75, 3.05) is 5.32 Å². The topological polar surface area (TPSA) is 54.9 Å². The summed E-state index contributed by atoms with van der Waals surface area (Å²) in [7, 11) is 0. The maximum atomic E-state index is 12.2. The lowest BCUT2D eigenvalue weighted by Gasteiger charge is -2.07. The van der Waals surface area contributed by atoms with Gasteiger partial charge in [-0.25, -0.2) is 4.98 Å². The van der Waals surface area contributed by atoms with Crippen molar-refractivity contribution >= 4 is 35.0 Å². The van der Waals surface area contributed by atoms with Crippen molar-refractivity contribution in [3.8, 4) is 0 Å². The number of nitrogens with zero attached hydrogens (tertiary/aromatic N) is 2. The number of thioether (sulfide) groups is 1. The van der Waals surface area contributed by atoms with Crippen LogP contribution in [0.3, 0.4) is 0 Å². The van der Waals surface area contributed by atoms with Gasteiger partial charge in [-0.05, 0) is 36.0 Å². The average molecular weight is 334 g/mol. The largest absolute Gasteiger partial charge is 0.446 e. The molecule has 2 rings (SSSR count). The fourth-order valence-corrected chi connectivity index (χ4v) is 2.07. The lowest BCUT2D eigenvalue weighted by molar-refractivity contribution is -0.0328. The van der Waals surface area contributed by atoms with Crippen molar-refractivity contribution in [3.05, 3.63) is 47.5 Å². The number of aromatic nitrogens is 2. The monoisotopic (exact) mass is 333 g/mol. The van der Waals surface area contributed by atoms with Crippen molar-refractivity contribution in [2.45, 2.75) is 10.4 Å². The highest BCUT2D eigenvalue weighted by atomic mass is 35.5. The molecule has 0 radical (unpaired) electrons. The number of rotatable bonds is 3. The second-order valence-corrected chi connectivity index (χ2v) is 5.28. The van der Waals surface area contributed by atoms with Crippen molar-refractivity contribution in [1.82, 2.24) is 9.97 Å². The molecule has 0 fully saturated rings. The number of amides is 1. The Morgan fingerprint density at radius 1 is 1.19 bits per heavy atom. The fraction of sp³-hybridized carbons (Fsp3) is 0.0833. The van der Waals surface area contributed by atoms with Crippen LogP contribution in [-0.4, -0.2) is 21.4 Å². The molecular formula is C12H7ClF3N3OS. The second kappa shape index (κ2) is 6.31. The molecule has 2 aromatic rings. The molecular weight excluding hydrogens is 327 g/mol. The van der Waals surface area contributed by atoms with Gasteiger partial charge in [0.15, 0.2) is 0 Å². The Bertz CT molecular complexity index is 649. The molecule has 0 bridgehead atoms. The highest BCUT2D eigenvalue weighted by Crippen LogP contribution is 2.37.